The van der Waals surface area contributed by atoms with Crippen LogP contribution in [-0.2, 0) is 4.74 Å². The maximum atomic E-state index is 13.0. The van der Waals surface area contributed by atoms with Gasteiger partial charge in [-0.25, -0.2) is 14.0 Å². The average Bonchev–Trinajstić information content (AvgIpc) is 2.55. The Balaban J connectivity index is 1.99. The number of nitrogens with one attached hydrogen (secondary N) is 2. The highest BCUT2D eigenvalue weighted by molar-refractivity contribution is 6.01. The van der Waals surface area contributed by atoms with E-state index in [0.29, 0.717) is 11.3 Å². The Morgan fingerprint density at radius 3 is 2.71 bits per heavy atom. The van der Waals surface area contributed by atoms with E-state index in [0.717, 1.165) is 0 Å². The van der Waals surface area contributed by atoms with Crippen LogP contribution in [0.25, 0.3) is 6.08 Å². The molecule has 2 aromatic carbocycles. The van der Waals surface area contributed by atoms with Crippen LogP contribution in [0, 0.1) is 5.82 Å². The van der Waals surface area contributed by atoms with Gasteiger partial charge in [0.05, 0.1) is 17.9 Å². The SMILES string of the molecule is CCOC(=O)c1ccccc1NC(=O)N/C=C/c1cccc(F)c1. The van der Waals surface area contributed by atoms with Crippen LogP contribution >= 0.6 is 0 Å². The first-order valence-corrected chi connectivity index (χ1v) is 7.36. The molecule has 0 aliphatic rings. The first-order chi connectivity index (χ1) is 11.6. The summed E-state index contributed by atoms with van der Waals surface area (Å²) in [7, 11) is 0. The van der Waals surface area contributed by atoms with Crippen molar-refractivity contribution < 1.29 is 18.7 Å². The second-order valence-electron chi connectivity index (χ2n) is 4.75. The van der Waals surface area contributed by atoms with Gasteiger partial charge in [-0.05, 0) is 42.8 Å². The summed E-state index contributed by atoms with van der Waals surface area (Å²) in [5.74, 6) is -0.867. The van der Waals surface area contributed by atoms with Gasteiger partial charge >= 0.3 is 12.0 Å². The van der Waals surface area contributed by atoms with E-state index in [1.807, 2.05) is 0 Å². The Bertz CT molecular complexity index is 759. The third kappa shape index (κ3) is 4.95. The molecule has 0 spiro atoms. The molecule has 2 rings (SSSR count). The van der Waals surface area contributed by atoms with Gasteiger partial charge in [-0.1, -0.05) is 24.3 Å². The Kier molecular flexibility index (Phi) is 6.08. The molecular formula is C18H17FN2O3. The van der Waals surface area contributed by atoms with Gasteiger partial charge in [-0.15, -0.1) is 0 Å². The van der Waals surface area contributed by atoms with Crippen molar-refractivity contribution in [1.82, 2.24) is 5.32 Å². The zero-order chi connectivity index (χ0) is 17.4. The summed E-state index contributed by atoms with van der Waals surface area (Å²) in [5.41, 5.74) is 1.22. The highest BCUT2D eigenvalue weighted by Crippen LogP contribution is 2.16. The Labute approximate surface area is 139 Å². The molecule has 5 nitrogen and oxygen atoms in total. The summed E-state index contributed by atoms with van der Waals surface area (Å²) in [6, 6.07) is 12.0. The fraction of sp³-hybridized carbons (Fsp3) is 0.111. The normalized spacial score (nSPS) is 10.4. The van der Waals surface area contributed by atoms with E-state index < -0.39 is 12.0 Å². The fourth-order valence-corrected chi connectivity index (χ4v) is 1.96. The number of rotatable bonds is 5. The predicted octanol–water partition coefficient (Wildman–Crippen LogP) is 3.79. The lowest BCUT2D eigenvalue weighted by atomic mass is 10.2. The molecule has 0 aromatic heterocycles. The van der Waals surface area contributed by atoms with Crippen LogP contribution in [0.4, 0.5) is 14.9 Å². The number of carbonyl (C=O) groups excluding carboxylic acids is 2. The number of hydrogen-bond donors (Lipinski definition) is 2. The summed E-state index contributed by atoms with van der Waals surface area (Å²) in [5, 5.41) is 5.06. The van der Waals surface area contributed by atoms with Crippen molar-refractivity contribution in [2.24, 2.45) is 0 Å². The zero-order valence-electron chi connectivity index (χ0n) is 13.1. The van der Waals surface area contributed by atoms with Crippen molar-refractivity contribution in [3.63, 3.8) is 0 Å². The number of urea groups is 1. The third-order valence-electron chi connectivity index (χ3n) is 3.01. The van der Waals surface area contributed by atoms with Crippen molar-refractivity contribution in [3.8, 4) is 0 Å². The van der Waals surface area contributed by atoms with E-state index in [1.54, 1.807) is 49.4 Å². The fourth-order valence-electron chi connectivity index (χ4n) is 1.96. The molecule has 0 aliphatic carbocycles. The average molecular weight is 328 g/mol. The molecule has 6 heteroatoms. The van der Waals surface area contributed by atoms with E-state index in [1.165, 1.54) is 18.3 Å². The minimum absolute atomic E-state index is 0.246. The second-order valence-corrected chi connectivity index (χ2v) is 4.75. The molecule has 2 aromatic rings. The van der Waals surface area contributed by atoms with Crippen molar-refractivity contribution in [2.75, 3.05) is 11.9 Å². The number of ether oxygens (including phenoxy) is 1. The van der Waals surface area contributed by atoms with Crippen LogP contribution in [0.5, 0.6) is 0 Å². The molecule has 2 amide bonds. The van der Waals surface area contributed by atoms with Crippen LogP contribution in [-0.4, -0.2) is 18.6 Å². The van der Waals surface area contributed by atoms with Gasteiger partial charge in [0.15, 0.2) is 0 Å². The highest BCUT2D eigenvalue weighted by atomic mass is 19.1. The molecule has 0 bridgehead atoms. The molecule has 2 N–H and O–H groups in total. The molecule has 0 unspecified atom stereocenters. The monoisotopic (exact) mass is 328 g/mol. The number of carbonyl (C=O) groups is 2. The quantitative estimate of drug-likeness (QED) is 0.821. The van der Waals surface area contributed by atoms with Gasteiger partial charge in [-0.2, -0.15) is 0 Å². The van der Waals surface area contributed by atoms with Gasteiger partial charge in [0.25, 0.3) is 0 Å². The van der Waals surface area contributed by atoms with E-state index in [9.17, 15) is 14.0 Å². The van der Waals surface area contributed by atoms with Gasteiger partial charge in [-0.3, -0.25) is 0 Å². The molecule has 0 saturated carbocycles. The van der Waals surface area contributed by atoms with E-state index >= 15 is 0 Å². The predicted molar refractivity (Wildman–Crippen MR) is 90.0 cm³/mol. The Morgan fingerprint density at radius 1 is 1.17 bits per heavy atom. The Morgan fingerprint density at radius 2 is 1.96 bits per heavy atom. The standard InChI is InChI=1S/C18H17FN2O3/c1-2-24-17(22)15-8-3-4-9-16(15)21-18(23)20-11-10-13-6-5-7-14(19)12-13/h3-12H,2H2,1H3,(H2,20,21,23)/b11-10+. The Hall–Kier alpha value is -3.15. The summed E-state index contributed by atoms with van der Waals surface area (Å²) in [4.78, 5) is 23.7. The summed E-state index contributed by atoms with van der Waals surface area (Å²) in [6.45, 7) is 1.95. The second kappa shape index (κ2) is 8.47. The summed E-state index contributed by atoms with van der Waals surface area (Å²) < 4.78 is 18.0. The number of benzene rings is 2. The number of esters is 1. The number of para-hydroxylation sites is 1. The van der Waals surface area contributed by atoms with Crippen LogP contribution in [0.3, 0.4) is 0 Å². The number of halogens is 1. The van der Waals surface area contributed by atoms with Gasteiger partial charge in [0.1, 0.15) is 5.82 Å². The van der Waals surface area contributed by atoms with Crippen LogP contribution < -0.4 is 10.6 Å². The van der Waals surface area contributed by atoms with Crippen molar-refractivity contribution in [3.05, 3.63) is 71.7 Å². The smallest absolute Gasteiger partial charge is 0.340 e. The molecule has 0 radical (unpaired) electrons. The van der Waals surface area contributed by atoms with Crippen LogP contribution in [0.15, 0.2) is 54.7 Å². The maximum Gasteiger partial charge on any atom is 0.340 e. The summed E-state index contributed by atoms with van der Waals surface area (Å²) >= 11 is 0. The molecule has 0 atom stereocenters. The lowest BCUT2D eigenvalue weighted by molar-refractivity contribution is 0.0527. The van der Waals surface area contributed by atoms with E-state index in [4.69, 9.17) is 4.74 Å². The van der Waals surface area contributed by atoms with Gasteiger partial charge in [0.2, 0.25) is 0 Å². The molecule has 0 heterocycles. The van der Waals surface area contributed by atoms with Crippen LogP contribution in [0.2, 0.25) is 0 Å². The van der Waals surface area contributed by atoms with E-state index in [-0.39, 0.29) is 18.0 Å². The molecule has 0 fully saturated rings. The number of amides is 2. The van der Waals surface area contributed by atoms with Gasteiger partial charge < -0.3 is 15.4 Å². The number of anilines is 1. The molecule has 0 saturated heterocycles. The zero-order valence-corrected chi connectivity index (χ0v) is 13.1. The topological polar surface area (TPSA) is 67.4 Å². The van der Waals surface area contributed by atoms with Gasteiger partial charge in [0, 0.05) is 6.20 Å². The summed E-state index contributed by atoms with van der Waals surface area (Å²) in [6.07, 6.45) is 2.94. The lowest BCUT2D eigenvalue weighted by Gasteiger charge is -2.09. The highest BCUT2D eigenvalue weighted by Gasteiger charge is 2.13. The number of hydrogen-bond acceptors (Lipinski definition) is 3. The lowest BCUT2D eigenvalue weighted by Crippen LogP contribution is -2.25. The first kappa shape index (κ1) is 17.2. The molecule has 124 valence electrons. The molecule has 0 aliphatic heterocycles. The van der Waals surface area contributed by atoms with Crippen molar-refractivity contribution in [2.45, 2.75) is 6.92 Å². The maximum absolute atomic E-state index is 13.0. The minimum Gasteiger partial charge on any atom is -0.462 e. The first-order valence-electron chi connectivity index (χ1n) is 7.36. The minimum atomic E-state index is -0.528. The van der Waals surface area contributed by atoms with Crippen LogP contribution in [0.1, 0.15) is 22.8 Å². The van der Waals surface area contributed by atoms with E-state index in [2.05, 4.69) is 10.6 Å². The third-order valence-corrected chi connectivity index (χ3v) is 3.01. The molecular weight excluding hydrogens is 311 g/mol. The largest absolute Gasteiger partial charge is 0.462 e. The van der Waals surface area contributed by atoms with Crippen molar-refractivity contribution in [1.29, 1.82) is 0 Å². The van der Waals surface area contributed by atoms with Crippen molar-refractivity contribution >= 4 is 23.8 Å². The molecule has 24 heavy (non-hydrogen) atoms.